The van der Waals surface area contributed by atoms with E-state index in [-0.39, 0.29) is 10.6 Å². The third-order valence-electron chi connectivity index (χ3n) is 2.78. The Kier molecular flexibility index (Phi) is 5.64. The van der Waals surface area contributed by atoms with Gasteiger partial charge in [-0.05, 0) is 32.4 Å². The van der Waals surface area contributed by atoms with E-state index in [1.165, 1.54) is 7.11 Å². The van der Waals surface area contributed by atoms with E-state index in [9.17, 15) is 8.42 Å². The molecule has 0 bridgehead atoms. The Bertz CT molecular complexity index is 644. The molecule has 1 rings (SSSR count). The molecule has 0 aliphatic rings. The molecule has 0 aliphatic carbocycles. The minimum absolute atomic E-state index is 0.0524. The van der Waals surface area contributed by atoms with Gasteiger partial charge in [-0.15, -0.1) is 6.42 Å². The Labute approximate surface area is 127 Å². The normalized spacial score (nSPS) is 11.3. The Morgan fingerprint density at radius 3 is 2.48 bits per heavy atom. The van der Waals surface area contributed by atoms with Gasteiger partial charge in [0.25, 0.3) is 0 Å². The standard InChI is InChI=1S/C15H21NO4S/c1-7-8-16(5)13-9-12(4)15(14(10-13)19-6)21(17,18)20-11(2)3/h1,9-11H,8H2,2-6H3. The predicted octanol–water partition coefficient (Wildman–Crippen LogP) is 2.19. The van der Waals surface area contributed by atoms with Crippen molar-refractivity contribution in [1.82, 2.24) is 0 Å². The number of anilines is 1. The van der Waals surface area contributed by atoms with Crippen LogP contribution in [0.1, 0.15) is 19.4 Å². The molecule has 0 radical (unpaired) electrons. The van der Waals surface area contributed by atoms with Gasteiger partial charge in [-0.25, -0.2) is 0 Å². The number of aryl methyl sites for hydroxylation is 1. The third kappa shape index (κ3) is 4.13. The van der Waals surface area contributed by atoms with Crippen molar-refractivity contribution in [3.8, 4) is 18.1 Å². The Hall–Kier alpha value is -1.71. The largest absolute Gasteiger partial charge is 0.495 e. The van der Waals surface area contributed by atoms with Gasteiger partial charge < -0.3 is 9.64 Å². The first-order chi connectivity index (χ1) is 9.72. The molecule has 0 heterocycles. The highest BCUT2D eigenvalue weighted by Crippen LogP contribution is 2.33. The van der Waals surface area contributed by atoms with E-state index in [1.807, 2.05) is 11.9 Å². The van der Waals surface area contributed by atoms with Crippen molar-refractivity contribution >= 4 is 15.8 Å². The van der Waals surface area contributed by atoms with Gasteiger partial charge in [0.2, 0.25) is 0 Å². The first-order valence-corrected chi connectivity index (χ1v) is 7.90. The molecule has 5 nitrogen and oxygen atoms in total. The minimum Gasteiger partial charge on any atom is -0.495 e. The van der Waals surface area contributed by atoms with Gasteiger partial charge in [0.15, 0.2) is 0 Å². The average Bonchev–Trinajstić information content (AvgIpc) is 2.35. The lowest BCUT2D eigenvalue weighted by Gasteiger charge is -2.20. The SMILES string of the molecule is C#CCN(C)c1cc(C)c(S(=O)(=O)OC(C)C)c(OC)c1. The number of rotatable bonds is 6. The maximum atomic E-state index is 12.3. The molecule has 0 saturated carbocycles. The molecule has 0 fully saturated rings. The van der Waals surface area contributed by atoms with Crippen molar-refractivity contribution in [3.63, 3.8) is 0 Å². The summed E-state index contributed by atoms with van der Waals surface area (Å²) in [7, 11) is -0.621. The highest BCUT2D eigenvalue weighted by Gasteiger charge is 2.25. The van der Waals surface area contributed by atoms with Crippen molar-refractivity contribution in [2.45, 2.75) is 31.8 Å². The fourth-order valence-corrected chi connectivity index (χ4v) is 3.39. The van der Waals surface area contributed by atoms with Crippen LogP contribution in [-0.2, 0) is 14.3 Å². The van der Waals surface area contributed by atoms with E-state index >= 15 is 0 Å². The summed E-state index contributed by atoms with van der Waals surface area (Å²) in [5, 5.41) is 0. The molecule has 6 heteroatoms. The quantitative estimate of drug-likeness (QED) is 0.595. The highest BCUT2D eigenvalue weighted by molar-refractivity contribution is 7.87. The van der Waals surface area contributed by atoms with Crippen LogP contribution in [0.15, 0.2) is 17.0 Å². The summed E-state index contributed by atoms with van der Waals surface area (Å²) in [6, 6.07) is 3.39. The minimum atomic E-state index is -3.87. The van der Waals surface area contributed by atoms with Crippen LogP contribution in [0.3, 0.4) is 0 Å². The lowest BCUT2D eigenvalue weighted by molar-refractivity contribution is 0.247. The summed E-state index contributed by atoms with van der Waals surface area (Å²) >= 11 is 0. The van der Waals surface area contributed by atoms with Gasteiger partial charge in [-0.1, -0.05) is 5.92 Å². The Morgan fingerprint density at radius 2 is 2.00 bits per heavy atom. The zero-order valence-electron chi connectivity index (χ0n) is 13.0. The van der Waals surface area contributed by atoms with Crippen molar-refractivity contribution in [1.29, 1.82) is 0 Å². The molecule has 0 aromatic heterocycles. The van der Waals surface area contributed by atoms with Crippen molar-refractivity contribution in [3.05, 3.63) is 17.7 Å². The number of benzene rings is 1. The van der Waals surface area contributed by atoms with Crippen molar-refractivity contribution in [2.75, 3.05) is 25.6 Å². The second-order valence-electron chi connectivity index (χ2n) is 4.95. The maximum Gasteiger partial charge on any atom is 0.301 e. The first-order valence-electron chi connectivity index (χ1n) is 6.49. The summed E-state index contributed by atoms with van der Waals surface area (Å²) in [5.74, 6) is 2.78. The van der Waals surface area contributed by atoms with Gasteiger partial charge in [-0.3, -0.25) is 4.18 Å². The Balaban J connectivity index is 3.40. The van der Waals surface area contributed by atoms with Crippen LogP contribution < -0.4 is 9.64 Å². The lowest BCUT2D eigenvalue weighted by Crippen LogP contribution is -2.19. The van der Waals surface area contributed by atoms with Crippen LogP contribution in [0.4, 0.5) is 5.69 Å². The molecular weight excluding hydrogens is 290 g/mol. The fraction of sp³-hybridized carbons (Fsp3) is 0.467. The molecule has 0 atom stereocenters. The lowest BCUT2D eigenvalue weighted by atomic mass is 10.2. The van der Waals surface area contributed by atoms with E-state index in [0.717, 1.165) is 5.69 Å². The van der Waals surface area contributed by atoms with Crippen molar-refractivity contribution in [2.24, 2.45) is 0 Å². The third-order valence-corrected chi connectivity index (χ3v) is 4.45. The van der Waals surface area contributed by atoms with Crippen LogP contribution in [-0.4, -0.2) is 35.2 Å². The number of methoxy groups -OCH3 is 1. The van der Waals surface area contributed by atoms with Crippen LogP contribution in [0.5, 0.6) is 5.75 Å². The van der Waals surface area contributed by atoms with Gasteiger partial charge in [0.05, 0.1) is 19.8 Å². The molecule has 0 unspecified atom stereocenters. The van der Waals surface area contributed by atoms with Gasteiger partial charge in [0.1, 0.15) is 10.6 Å². The second kappa shape index (κ2) is 6.83. The number of ether oxygens (including phenoxy) is 1. The molecule has 1 aromatic carbocycles. The maximum absolute atomic E-state index is 12.3. The molecular formula is C15H21NO4S. The molecule has 21 heavy (non-hydrogen) atoms. The highest BCUT2D eigenvalue weighted by atomic mass is 32.2. The van der Waals surface area contributed by atoms with Crippen LogP contribution >= 0.6 is 0 Å². The molecule has 0 saturated heterocycles. The molecule has 1 aromatic rings. The molecule has 0 spiro atoms. The zero-order chi connectivity index (χ0) is 16.2. The summed E-state index contributed by atoms with van der Waals surface area (Å²) in [6.45, 7) is 5.44. The molecule has 116 valence electrons. The summed E-state index contributed by atoms with van der Waals surface area (Å²) in [4.78, 5) is 1.88. The summed E-state index contributed by atoms with van der Waals surface area (Å²) < 4.78 is 34.9. The average molecular weight is 311 g/mol. The second-order valence-corrected chi connectivity index (χ2v) is 6.46. The molecule has 0 N–H and O–H groups in total. The van der Waals surface area contributed by atoms with E-state index < -0.39 is 16.2 Å². The predicted molar refractivity (Wildman–Crippen MR) is 83.2 cm³/mol. The van der Waals surface area contributed by atoms with Gasteiger partial charge in [0, 0.05) is 18.8 Å². The number of hydrogen-bond donors (Lipinski definition) is 0. The van der Waals surface area contributed by atoms with Gasteiger partial charge in [-0.2, -0.15) is 8.42 Å². The van der Waals surface area contributed by atoms with E-state index in [0.29, 0.717) is 12.1 Å². The topological polar surface area (TPSA) is 55.8 Å². The number of terminal acetylenes is 1. The van der Waals surface area contributed by atoms with Crippen LogP contribution in [0, 0.1) is 19.3 Å². The van der Waals surface area contributed by atoms with E-state index in [2.05, 4.69) is 5.92 Å². The Morgan fingerprint density at radius 1 is 1.38 bits per heavy atom. The van der Waals surface area contributed by atoms with E-state index in [1.54, 1.807) is 32.9 Å². The molecule has 0 aliphatic heterocycles. The molecule has 0 amide bonds. The number of nitrogens with zero attached hydrogens (tertiary/aromatic N) is 1. The van der Waals surface area contributed by atoms with Crippen LogP contribution in [0.25, 0.3) is 0 Å². The van der Waals surface area contributed by atoms with E-state index in [4.69, 9.17) is 15.3 Å². The zero-order valence-corrected chi connectivity index (χ0v) is 13.8. The van der Waals surface area contributed by atoms with Crippen molar-refractivity contribution < 1.29 is 17.3 Å². The first kappa shape index (κ1) is 17.3. The fourth-order valence-electron chi connectivity index (χ4n) is 1.95. The van der Waals surface area contributed by atoms with Gasteiger partial charge >= 0.3 is 10.1 Å². The number of hydrogen-bond acceptors (Lipinski definition) is 5. The smallest absolute Gasteiger partial charge is 0.301 e. The monoisotopic (exact) mass is 311 g/mol. The summed E-state index contributed by atoms with van der Waals surface area (Å²) in [5.41, 5.74) is 1.33. The summed E-state index contributed by atoms with van der Waals surface area (Å²) in [6.07, 6.45) is 4.85. The van der Waals surface area contributed by atoms with Crippen LogP contribution in [0.2, 0.25) is 0 Å².